The van der Waals surface area contributed by atoms with Crippen molar-refractivity contribution >= 4 is 17.7 Å². The standard InChI is InChI=1S/C19H29NO2S/c1-4-17(22-18-11-7-8-14(2)15(18)3)19(21)20-12-13-23-16-9-5-6-10-16/h7-8,11,16-17H,4-6,9-10,12-13H2,1-3H3,(H,20,21)/t17-/m1/s1. The highest BCUT2D eigenvalue weighted by Crippen LogP contribution is 2.29. The summed E-state index contributed by atoms with van der Waals surface area (Å²) in [6.07, 6.45) is 5.68. The molecule has 0 aromatic heterocycles. The van der Waals surface area contributed by atoms with Gasteiger partial charge in [-0.05, 0) is 50.3 Å². The second-order valence-corrected chi connectivity index (χ2v) is 7.69. The van der Waals surface area contributed by atoms with E-state index in [4.69, 9.17) is 4.74 Å². The van der Waals surface area contributed by atoms with E-state index in [2.05, 4.69) is 18.3 Å². The Hall–Kier alpha value is -1.16. The molecule has 1 aromatic carbocycles. The zero-order chi connectivity index (χ0) is 16.7. The number of amides is 1. The lowest BCUT2D eigenvalue weighted by atomic mass is 10.1. The molecule has 0 bridgehead atoms. The van der Waals surface area contributed by atoms with Gasteiger partial charge in [-0.25, -0.2) is 0 Å². The zero-order valence-electron chi connectivity index (χ0n) is 14.6. The van der Waals surface area contributed by atoms with Gasteiger partial charge in [-0.2, -0.15) is 11.8 Å². The number of hydrogen-bond acceptors (Lipinski definition) is 3. The highest BCUT2D eigenvalue weighted by atomic mass is 32.2. The van der Waals surface area contributed by atoms with Crippen molar-refractivity contribution in [3.63, 3.8) is 0 Å². The number of carbonyl (C=O) groups is 1. The van der Waals surface area contributed by atoms with E-state index in [1.807, 2.05) is 37.7 Å². The summed E-state index contributed by atoms with van der Waals surface area (Å²) in [5.74, 6) is 1.81. The Kier molecular flexibility index (Phi) is 7.28. The number of rotatable bonds is 8. The molecule has 3 nitrogen and oxygen atoms in total. The zero-order valence-corrected chi connectivity index (χ0v) is 15.4. The van der Waals surface area contributed by atoms with Gasteiger partial charge in [0.15, 0.2) is 6.10 Å². The molecule has 1 saturated carbocycles. The molecule has 1 atom stereocenters. The Labute approximate surface area is 144 Å². The number of carbonyl (C=O) groups excluding carboxylic acids is 1. The molecule has 0 heterocycles. The van der Waals surface area contributed by atoms with Gasteiger partial charge in [0.25, 0.3) is 5.91 Å². The van der Waals surface area contributed by atoms with Crippen molar-refractivity contribution in [3.05, 3.63) is 29.3 Å². The minimum atomic E-state index is -0.410. The van der Waals surface area contributed by atoms with Gasteiger partial charge in [0.1, 0.15) is 5.75 Å². The minimum Gasteiger partial charge on any atom is -0.480 e. The fourth-order valence-electron chi connectivity index (χ4n) is 2.90. The lowest BCUT2D eigenvalue weighted by Crippen LogP contribution is -2.39. The van der Waals surface area contributed by atoms with Crippen LogP contribution in [-0.4, -0.2) is 29.6 Å². The van der Waals surface area contributed by atoms with E-state index in [1.165, 1.54) is 31.2 Å². The second kappa shape index (κ2) is 9.21. The Bertz CT molecular complexity index is 512. The molecule has 1 fully saturated rings. The molecule has 4 heteroatoms. The van der Waals surface area contributed by atoms with E-state index in [-0.39, 0.29) is 5.91 Å². The molecule has 2 rings (SSSR count). The molecule has 0 unspecified atom stereocenters. The fraction of sp³-hybridized carbons (Fsp3) is 0.632. The van der Waals surface area contributed by atoms with E-state index in [0.29, 0.717) is 6.42 Å². The van der Waals surface area contributed by atoms with Gasteiger partial charge in [0.05, 0.1) is 0 Å². The van der Waals surface area contributed by atoms with Crippen LogP contribution >= 0.6 is 11.8 Å². The average Bonchev–Trinajstić information content (AvgIpc) is 3.06. The first-order valence-corrected chi connectivity index (χ1v) is 9.79. The quantitative estimate of drug-likeness (QED) is 0.722. The number of aryl methyl sites for hydroxylation is 1. The molecule has 1 N–H and O–H groups in total. The molecule has 0 saturated heterocycles. The lowest BCUT2D eigenvalue weighted by Gasteiger charge is -2.19. The third kappa shape index (κ3) is 5.45. The van der Waals surface area contributed by atoms with Crippen molar-refractivity contribution in [3.8, 4) is 5.75 Å². The Morgan fingerprint density at radius 1 is 1.35 bits per heavy atom. The van der Waals surface area contributed by atoms with Gasteiger partial charge < -0.3 is 10.1 Å². The van der Waals surface area contributed by atoms with E-state index in [0.717, 1.165) is 28.9 Å². The van der Waals surface area contributed by atoms with Crippen LogP contribution in [0.4, 0.5) is 0 Å². The van der Waals surface area contributed by atoms with Crippen molar-refractivity contribution in [2.24, 2.45) is 0 Å². The van der Waals surface area contributed by atoms with Crippen molar-refractivity contribution in [1.82, 2.24) is 5.32 Å². The number of ether oxygens (including phenoxy) is 1. The first-order valence-electron chi connectivity index (χ1n) is 8.74. The predicted molar refractivity (Wildman–Crippen MR) is 98.3 cm³/mol. The maximum absolute atomic E-state index is 12.3. The van der Waals surface area contributed by atoms with E-state index < -0.39 is 6.10 Å². The van der Waals surface area contributed by atoms with Crippen LogP contribution in [0.5, 0.6) is 5.75 Å². The van der Waals surface area contributed by atoms with Crippen molar-refractivity contribution in [2.45, 2.75) is 64.2 Å². The Morgan fingerprint density at radius 3 is 2.78 bits per heavy atom. The number of hydrogen-bond donors (Lipinski definition) is 1. The molecule has 23 heavy (non-hydrogen) atoms. The molecule has 0 radical (unpaired) electrons. The first kappa shape index (κ1) is 18.2. The van der Waals surface area contributed by atoms with Gasteiger partial charge in [-0.15, -0.1) is 0 Å². The summed E-state index contributed by atoms with van der Waals surface area (Å²) < 4.78 is 5.95. The van der Waals surface area contributed by atoms with Crippen molar-refractivity contribution in [2.75, 3.05) is 12.3 Å². The van der Waals surface area contributed by atoms with E-state index >= 15 is 0 Å². The van der Waals surface area contributed by atoms with Crippen LogP contribution in [0.3, 0.4) is 0 Å². The molecule has 0 aliphatic heterocycles. The van der Waals surface area contributed by atoms with Crippen LogP contribution in [0.15, 0.2) is 18.2 Å². The molecule has 1 amide bonds. The number of thioether (sulfide) groups is 1. The van der Waals surface area contributed by atoms with Crippen LogP contribution in [0.25, 0.3) is 0 Å². The molecule has 1 aliphatic carbocycles. The molecule has 1 aromatic rings. The van der Waals surface area contributed by atoms with Crippen LogP contribution in [0.1, 0.15) is 50.2 Å². The summed E-state index contributed by atoms with van der Waals surface area (Å²) in [5, 5.41) is 3.83. The topological polar surface area (TPSA) is 38.3 Å². The summed E-state index contributed by atoms with van der Waals surface area (Å²) in [6, 6.07) is 5.97. The van der Waals surface area contributed by atoms with Crippen LogP contribution in [0.2, 0.25) is 0 Å². The SMILES string of the molecule is CC[C@@H](Oc1cccc(C)c1C)C(=O)NCCSC1CCCC1. The third-order valence-corrected chi connectivity index (χ3v) is 5.93. The Balaban J connectivity index is 1.77. The van der Waals surface area contributed by atoms with Crippen molar-refractivity contribution < 1.29 is 9.53 Å². The minimum absolute atomic E-state index is 0.000396. The van der Waals surface area contributed by atoms with Gasteiger partial charge >= 0.3 is 0 Å². The summed E-state index contributed by atoms with van der Waals surface area (Å²) in [4.78, 5) is 12.3. The highest BCUT2D eigenvalue weighted by molar-refractivity contribution is 7.99. The Morgan fingerprint density at radius 2 is 2.09 bits per heavy atom. The van der Waals surface area contributed by atoms with Crippen LogP contribution in [0, 0.1) is 13.8 Å². The molecular formula is C19H29NO2S. The maximum Gasteiger partial charge on any atom is 0.261 e. The first-order chi connectivity index (χ1) is 11.1. The lowest BCUT2D eigenvalue weighted by molar-refractivity contribution is -0.128. The third-order valence-electron chi connectivity index (χ3n) is 4.54. The second-order valence-electron chi connectivity index (χ2n) is 6.28. The van der Waals surface area contributed by atoms with Crippen LogP contribution in [-0.2, 0) is 4.79 Å². The predicted octanol–water partition coefficient (Wildman–Crippen LogP) is 4.25. The van der Waals surface area contributed by atoms with Crippen LogP contribution < -0.4 is 10.1 Å². The average molecular weight is 336 g/mol. The fourth-order valence-corrected chi connectivity index (χ4v) is 4.12. The summed E-state index contributed by atoms with van der Waals surface area (Å²) >= 11 is 2.00. The smallest absolute Gasteiger partial charge is 0.261 e. The van der Waals surface area contributed by atoms with E-state index in [9.17, 15) is 4.79 Å². The monoisotopic (exact) mass is 335 g/mol. The molecule has 0 spiro atoms. The maximum atomic E-state index is 12.3. The van der Waals surface area contributed by atoms with Gasteiger partial charge in [0.2, 0.25) is 0 Å². The van der Waals surface area contributed by atoms with E-state index in [1.54, 1.807) is 0 Å². The number of benzene rings is 1. The highest BCUT2D eigenvalue weighted by Gasteiger charge is 2.19. The summed E-state index contributed by atoms with van der Waals surface area (Å²) in [5.41, 5.74) is 2.29. The van der Waals surface area contributed by atoms with Gasteiger partial charge in [-0.3, -0.25) is 4.79 Å². The van der Waals surface area contributed by atoms with Gasteiger partial charge in [-0.1, -0.05) is 31.9 Å². The van der Waals surface area contributed by atoms with Gasteiger partial charge in [0, 0.05) is 17.5 Å². The summed E-state index contributed by atoms with van der Waals surface area (Å²) in [7, 11) is 0. The largest absolute Gasteiger partial charge is 0.480 e. The van der Waals surface area contributed by atoms with Crippen molar-refractivity contribution in [1.29, 1.82) is 0 Å². The molecule has 1 aliphatic rings. The molecular weight excluding hydrogens is 306 g/mol. The number of nitrogens with one attached hydrogen (secondary N) is 1. The normalized spacial score (nSPS) is 16.3. The summed E-state index contributed by atoms with van der Waals surface area (Å²) in [6.45, 7) is 6.81. The molecule has 128 valence electrons.